The van der Waals surface area contributed by atoms with Crippen LogP contribution in [0.2, 0.25) is 0 Å². The van der Waals surface area contributed by atoms with E-state index in [0.717, 1.165) is 12.8 Å². The van der Waals surface area contributed by atoms with E-state index in [9.17, 15) is 9.50 Å². The Bertz CT molecular complexity index is 333. The maximum atomic E-state index is 13.6. The third kappa shape index (κ3) is 3.20. The van der Waals surface area contributed by atoms with E-state index in [1.165, 1.54) is 6.07 Å². The molecule has 0 saturated heterocycles. The van der Waals surface area contributed by atoms with E-state index in [1.54, 1.807) is 19.1 Å². The van der Waals surface area contributed by atoms with Crippen LogP contribution in [0.1, 0.15) is 45.3 Å². The van der Waals surface area contributed by atoms with Crippen LogP contribution in [0.3, 0.4) is 0 Å². The molecule has 0 aromatic heterocycles. The molecule has 0 radical (unpaired) electrons. The lowest BCUT2D eigenvalue weighted by Crippen LogP contribution is -2.14. The number of halogens is 1. The van der Waals surface area contributed by atoms with Crippen LogP contribution in [-0.2, 0) is 0 Å². The first-order valence-electron chi connectivity index (χ1n) is 5.72. The summed E-state index contributed by atoms with van der Waals surface area (Å²) in [5.41, 5.74) is 0.564. The van der Waals surface area contributed by atoms with Gasteiger partial charge >= 0.3 is 0 Å². The predicted molar refractivity (Wildman–Crippen MR) is 62.0 cm³/mol. The van der Waals surface area contributed by atoms with E-state index in [-0.39, 0.29) is 11.9 Å². The SMILES string of the molecule is CCC(CC)Oc1ccc([C@H](C)O)cc1F. The molecule has 1 aromatic rings. The number of ether oxygens (including phenoxy) is 1. The largest absolute Gasteiger partial charge is 0.487 e. The zero-order chi connectivity index (χ0) is 12.1. The van der Waals surface area contributed by atoms with Crippen LogP contribution in [0.5, 0.6) is 5.75 Å². The van der Waals surface area contributed by atoms with Crippen molar-refractivity contribution < 1.29 is 14.2 Å². The highest BCUT2D eigenvalue weighted by Gasteiger charge is 2.11. The molecule has 0 heterocycles. The monoisotopic (exact) mass is 226 g/mol. The fraction of sp³-hybridized carbons (Fsp3) is 0.538. The summed E-state index contributed by atoms with van der Waals surface area (Å²) >= 11 is 0. The summed E-state index contributed by atoms with van der Waals surface area (Å²) in [4.78, 5) is 0. The molecular formula is C13H19FO2. The van der Waals surface area contributed by atoms with E-state index in [1.807, 2.05) is 13.8 Å². The lowest BCUT2D eigenvalue weighted by atomic mass is 10.1. The van der Waals surface area contributed by atoms with Crippen molar-refractivity contribution in [1.29, 1.82) is 0 Å². The topological polar surface area (TPSA) is 29.5 Å². The summed E-state index contributed by atoms with van der Waals surface area (Å²) < 4.78 is 19.1. The van der Waals surface area contributed by atoms with Crippen molar-refractivity contribution >= 4 is 0 Å². The zero-order valence-corrected chi connectivity index (χ0v) is 10.0. The second kappa shape index (κ2) is 5.85. The van der Waals surface area contributed by atoms with E-state index < -0.39 is 11.9 Å². The quantitative estimate of drug-likeness (QED) is 0.833. The summed E-state index contributed by atoms with van der Waals surface area (Å²) in [5, 5.41) is 9.31. The summed E-state index contributed by atoms with van der Waals surface area (Å²) in [7, 11) is 0. The average molecular weight is 226 g/mol. The van der Waals surface area contributed by atoms with Gasteiger partial charge in [-0.3, -0.25) is 0 Å². The highest BCUT2D eigenvalue weighted by molar-refractivity contribution is 5.30. The molecule has 0 aliphatic heterocycles. The Morgan fingerprint density at radius 2 is 1.94 bits per heavy atom. The molecule has 90 valence electrons. The maximum Gasteiger partial charge on any atom is 0.165 e. The average Bonchev–Trinajstić information content (AvgIpc) is 2.27. The van der Waals surface area contributed by atoms with Gasteiger partial charge in [-0.05, 0) is 37.5 Å². The third-order valence-corrected chi connectivity index (χ3v) is 2.64. The Hall–Kier alpha value is -1.09. The van der Waals surface area contributed by atoms with Gasteiger partial charge in [0.25, 0.3) is 0 Å². The van der Waals surface area contributed by atoms with Gasteiger partial charge in [0.1, 0.15) is 0 Å². The summed E-state index contributed by atoms with van der Waals surface area (Å²) in [6.07, 6.45) is 1.10. The molecule has 1 N–H and O–H groups in total. The molecular weight excluding hydrogens is 207 g/mol. The van der Waals surface area contributed by atoms with Crippen LogP contribution < -0.4 is 4.74 Å². The van der Waals surface area contributed by atoms with Gasteiger partial charge in [-0.2, -0.15) is 0 Å². The van der Waals surface area contributed by atoms with Crippen molar-refractivity contribution in [3.05, 3.63) is 29.6 Å². The van der Waals surface area contributed by atoms with Gasteiger partial charge in [0.05, 0.1) is 12.2 Å². The molecule has 0 aliphatic carbocycles. The number of rotatable bonds is 5. The van der Waals surface area contributed by atoms with Crippen LogP contribution in [-0.4, -0.2) is 11.2 Å². The minimum atomic E-state index is -0.656. The third-order valence-electron chi connectivity index (χ3n) is 2.64. The maximum absolute atomic E-state index is 13.6. The normalized spacial score (nSPS) is 12.9. The molecule has 1 aromatic carbocycles. The van der Waals surface area contributed by atoms with Crippen molar-refractivity contribution in [3.8, 4) is 5.75 Å². The molecule has 3 heteroatoms. The number of benzene rings is 1. The highest BCUT2D eigenvalue weighted by atomic mass is 19.1. The summed E-state index contributed by atoms with van der Waals surface area (Å²) in [5.74, 6) is -0.150. The Morgan fingerprint density at radius 3 is 2.38 bits per heavy atom. The van der Waals surface area contributed by atoms with Crippen LogP contribution in [0, 0.1) is 5.82 Å². The molecule has 0 bridgehead atoms. The van der Waals surface area contributed by atoms with Gasteiger partial charge in [0.2, 0.25) is 0 Å². The number of hydrogen-bond donors (Lipinski definition) is 1. The zero-order valence-electron chi connectivity index (χ0n) is 10.0. The predicted octanol–water partition coefficient (Wildman–Crippen LogP) is 3.45. The number of aliphatic hydroxyl groups excluding tert-OH is 1. The number of hydrogen-bond acceptors (Lipinski definition) is 2. The van der Waals surface area contributed by atoms with Crippen molar-refractivity contribution in [1.82, 2.24) is 0 Å². The fourth-order valence-electron chi connectivity index (χ4n) is 1.51. The second-order valence-electron chi connectivity index (χ2n) is 3.92. The van der Waals surface area contributed by atoms with Crippen molar-refractivity contribution in [3.63, 3.8) is 0 Å². The Morgan fingerprint density at radius 1 is 1.31 bits per heavy atom. The van der Waals surface area contributed by atoms with Gasteiger partial charge in [0, 0.05) is 0 Å². The Kier molecular flexibility index (Phi) is 4.74. The molecule has 2 nitrogen and oxygen atoms in total. The summed E-state index contributed by atoms with van der Waals surface area (Å²) in [6.45, 7) is 5.63. The molecule has 1 rings (SSSR count). The molecule has 0 saturated carbocycles. The smallest absolute Gasteiger partial charge is 0.165 e. The minimum Gasteiger partial charge on any atom is -0.487 e. The molecule has 1 atom stereocenters. The molecule has 0 aliphatic rings. The van der Waals surface area contributed by atoms with Gasteiger partial charge < -0.3 is 9.84 Å². The first kappa shape index (κ1) is 13.0. The van der Waals surface area contributed by atoms with E-state index in [0.29, 0.717) is 5.56 Å². The lowest BCUT2D eigenvalue weighted by Gasteiger charge is -2.16. The van der Waals surface area contributed by atoms with Crippen molar-refractivity contribution in [2.75, 3.05) is 0 Å². The standard InChI is InChI=1S/C13H19FO2/c1-4-11(5-2)16-13-7-6-10(9(3)15)8-12(13)14/h6-9,11,15H,4-5H2,1-3H3/t9-/m0/s1. The van der Waals surface area contributed by atoms with Gasteiger partial charge in [-0.25, -0.2) is 4.39 Å². The molecule has 0 unspecified atom stereocenters. The number of aliphatic hydroxyl groups is 1. The lowest BCUT2D eigenvalue weighted by molar-refractivity contribution is 0.182. The Labute approximate surface area is 96.1 Å². The van der Waals surface area contributed by atoms with E-state index >= 15 is 0 Å². The highest BCUT2D eigenvalue weighted by Crippen LogP contribution is 2.23. The van der Waals surface area contributed by atoms with E-state index in [4.69, 9.17) is 4.74 Å². The summed E-state index contributed by atoms with van der Waals surface area (Å²) in [6, 6.07) is 4.59. The Balaban J connectivity index is 2.82. The molecule has 0 amide bonds. The first-order valence-corrected chi connectivity index (χ1v) is 5.72. The van der Waals surface area contributed by atoms with Crippen LogP contribution in [0.15, 0.2) is 18.2 Å². The van der Waals surface area contributed by atoms with Gasteiger partial charge in [-0.1, -0.05) is 19.9 Å². The van der Waals surface area contributed by atoms with Crippen molar-refractivity contribution in [2.24, 2.45) is 0 Å². The van der Waals surface area contributed by atoms with Gasteiger partial charge in [0.15, 0.2) is 11.6 Å². The van der Waals surface area contributed by atoms with Gasteiger partial charge in [-0.15, -0.1) is 0 Å². The molecule has 0 spiro atoms. The molecule has 16 heavy (non-hydrogen) atoms. The van der Waals surface area contributed by atoms with Crippen molar-refractivity contribution in [2.45, 2.75) is 45.8 Å². The minimum absolute atomic E-state index is 0.0481. The first-order chi connectivity index (χ1) is 7.58. The molecule has 0 fully saturated rings. The van der Waals surface area contributed by atoms with Crippen LogP contribution in [0.25, 0.3) is 0 Å². The van der Waals surface area contributed by atoms with Crippen LogP contribution >= 0.6 is 0 Å². The fourth-order valence-corrected chi connectivity index (χ4v) is 1.51. The van der Waals surface area contributed by atoms with Crippen LogP contribution in [0.4, 0.5) is 4.39 Å². The second-order valence-corrected chi connectivity index (χ2v) is 3.92. The van der Waals surface area contributed by atoms with E-state index in [2.05, 4.69) is 0 Å².